The first-order valence-corrected chi connectivity index (χ1v) is 6.65. The second-order valence-electron chi connectivity index (χ2n) is 4.87. The molecule has 0 aromatic heterocycles. The highest BCUT2D eigenvalue weighted by molar-refractivity contribution is 5.51. The zero-order valence-corrected chi connectivity index (χ0v) is 11.9. The molecule has 0 unspecified atom stereocenters. The molecular weight excluding hydrogens is 248 g/mol. The quantitative estimate of drug-likeness (QED) is 0.830. The molecule has 0 aliphatic heterocycles. The molecule has 2 aromatic carbocycles. The minimum Gasteiger partial charge on any atom is -0.326 e. The van der Waals surface area contributed by atoms with Crippen LogP contribution in [-0.4, -0.2) is 0 Å². The van der Waals surface area contributed by atoms with Gasteiger partial charge in [0.2, 0.25) is 0 Å². The molecule has 0 amide bonds. The van der Waals surface area contributed by atoms with Crippen LogP contribution < -0.4 is 11.5 Å². The maximum atomic E-state index is 5.73. The first-order valence-electron chi connectivity index (χ1n) is 6.65. The topological polar surface area (TPSA) is 76.8 Å². The summed E-state index contributed by atoms with van der Waals surface area (Å²) >= 11 is 0. The van der Waals surface area contributed by atoms with Gasteiger partial charge in [0.15, 0.2) is 0 Å². The van der Waals surface area contributed by atoms with E-state index in [-0.39, 0.29) is 0 Å². The molecule has 4 heteroatoms. The molecule has 0 saturated carbocycles. The highest BCUT2D eigenvalue weighted by Crippen LogP contribution is 2.26. The number of azo groups is 1. The molecule has 104 valence electrons. The summed E-state index contributed by atoms with van der Waals surface area (Å²) < 4.78 is 0. The molecule has 4 N–H and O–H groups in total. The molecule has 20 heavy (non-hydrogen) atoms. The van der Waals surface area contributed by atoms with Crippen molar-refractivity contribution in [2.75, 3.05) is 0 Å². The van der Waals surface area contributed by atoms with Crippen LogP contribution in [-0.2, 0) is 13.1 Å². The molecule has 0 spiro atoms. The second kappa shape index (κ2) is 6.41. The van der Waals surface area contributed by atoms with Gasteiger partial charge in [0.05, 0.1) is 11.4 Å². The summed E-state index contributed by atoms with van der Waals surface area (Å²) in [7, 11) is 0. The van der Waals surface area contributed by atoms with Gasteiger partial charge in [-0.2, -0.15) is 10.2 Å². The Morgan fingerprint density at radius 2 is 1.15 bits per heavy atom. The van der Waals surface area contributed by atoms with Gasteiger partial charge in [-0.1, -0.05) is 24.3 Å². The van der Waals surface area contributed by atoms with Crippen molar-refractivity contribution >= 4 is 11.4 Å². The molecule has 4 nitrogen and oxygen atoms in total. The van der Waals surface area contributed by atoms with E-state index in [1.165, 1.54) is 0 Å². The van der Waals surface area contributed by atoms with Gasteiger partial charge in [-0.15, -0.1) is 0 Å². The first-order chi connectivity index (χ1) is 9.63. The van der Waals surface area contributed by atoms with Crippen LogP contribution in [0.25, 0.3) is 0 Å². The fraction of sp³-hybridized carbons (Fsp3) is 0.250. The van der Waals surface area contributed by atoms with Crippen LogP contribution in [0, 0.1) is 13.8 Å². The van der Waals surface area contributed by atoms with E-state index in [0.717, 1.165) is 33.6 Å². The van der Waals surface area contributed by atoms with Crippen LogP contribution in [0.2, 0.25) is 0 Å². The second-order valence-corrected chi connectivity index (χ2v) is 4.87. The Labute approximate surface area is 119 Å². The number of nitrogens with zero attached hydrogens (tertiary/aromatic N) is 2. The van der Waals surface area contributed by atoms with Crippen LogP contribution in [0.15, 0.2) is 46.6 Å². The lowest BCUT2D eigenvalue weighted by atomic mass is 10.1. The molecular formula is C16H20N4. The molecule has 0 aliphatic carbocycles. The third-order valence-corrected chi connectivity index (χ3v) is 3.19. The Kier molecular flexibility index (Phi) is 4.61. The number of rotatable bonds is 4. The summed E-state index contributed by atoms with van der Waals surface area (Å²) in [5, 5.41) is 8.69. The maximum absolute atomic E-state index is 5.73. The van der Waals surface area contributed by atoms with E-state index in [9.17, 15) is 0 Å². The van der Waals surface area contributed by atoms with Crippen molar-refractivity contribution in [3.05, 3.63) is 58.7 Å². The van der Waals surface area contributed by atoms with Crippen LogP contribution in [0.5, 0.6) is 0 Å². The van der Waals surface area contributed by atoms with Gasteiger partial charge in [0, 0.05) is 13.1 Å². The lowest BCUT2D eigenvalue weighted by molar-refractivity contribution is 1.03. The third-order valence-electron chi connectivity index (χ3n) is 3.19. The van der Waals surface area contributed by atoms with Crippen molar-refractivity contribution in [2.45, 2.75) is 26.9 Å². The Morgan fingerprint density at radius 3 is 1.50 bits per heavy atom. The van der Waals surface area contributed by atoms with E-state index in [4.69, 9.17) is 11.5 Å². The lowest BCUT2D eigenvalue weighted by Crippen LogP contribution is -1.97. The SMILES string of the molecule is Cc1ccc(CN)c(/N=N/c2cc(C)ccc2CN)c1. The van der Waals surface area contributed by atoms with Crippen LogP contribution in [0.3, 0.4) is 0 Å². The molecule has 0 heterocycles. The van der Waals surface area contributed by atoms with Gasteiger partial charge in [-0.25, -0.2) is 0 Å². The summed E-state index contributed by atoms with van der Waals surface area (Å²) in [5.74, 6) is 0. The average molecular weight is 268 g/mol. The first kappa shape index (κ1) is 14.4. The van der Waals surface area contributed by atoms with E-state index in [1.54, 1.807) is 0 Å². The lowest BCUT2D eigenvalue weighted by Gasteiger charge is -2.05. The maximum Gasteiger partial charge on any atom is 0.0904 e. The summed E-state index contributed by atoms with van der Waals surface area (Å²) in [5.41, 5.74) is 17.3. The smallest absolute Gasteiger partial charge is 0.0904 e. The fourth-order valence-electron chi connectivity index (χ4n) is 1.99. The summed E-state index contributed by atoms with van der Waals surface area (Å²) in [4.78, 5) is 0. The fourth-order valence-corrected chi connectivity index (χ4v) is 1.99. The highest BCUT2D eigenvalue weighted by Gasteiger charge is 2.03. The largest absolute Gasteiger partial charge is 0.326 e. The zero-order valence-electron chi connectivity index (χ0n) is 11.9. The monoisotopic (exact) mass is 268 g/mol. The number of hydrogen-bond donors (Lipinski definition) is 2. The third kappa shape index (κ3) is 3.29. The van der Waals surface area contributed by atoms with Crippen molar-refractivity contribution in [3.63, 3.8) is 0 Å². The molecule has 0 fully saturated rings. The normalized spacial score (nSPS) is 11.2. The molecule has 0 saturated heterocycles. The average Bonchev–Trinajstić information content (AvgIpc) is 2.45. The summed E-state index contributed by atoms with van der Waals surface area (Å²) in [6.07, 6.45) is 0. The summed E-state index contributed by atoms with van der Waals surface area (Å²) in [6.45, 7) is 4.95. The van der Waals surface area contributed by atoms with E-state index in [0.29, 0.717) is 13.1 Å². The van der Waals surface area contributed by atoms with Crippen LogP contribution in [0.4, 0.5) is 11.4 Å². The minimum atomic E-state index is 0.451. The molecule has 2 aromatic rings. The van der Waals surface area contributed by atoms with Crippen molar-refractivity contribution in [1.29, 1.82) is 0 Å². The van der Waals surface area contributed by atoms with Crippen LogP contribution >= 0.6 is 0 Å². The number of benzene rings is 2. The molecule has 2 rings (SSSR count). The Hall–Kier alpha value is -2.04. The Balaban J connectivity index is 2.38. The predicted molar refractivity (Wildman–Crippen MR) is 82.3 cm³/mol. The van der Waals surface area contributed by atoms with E-state index in [1.807, 2.05) is 50.2 Å². The molecule has 0 bridgehead atoms. The van der Waals surface area contributed by atoms with E-state index >= 15 is 0 Å². The van der Waals surface area contributed by atoms with Crippen molar-refractivity contribution in [1.82, 2.24) is 0 Å². The summed E-state index contributed by atoms with van der Waals surface area (Å²) in [6, 6.07) is 12.0. The van der Waals surface area contributed by atoms with Gasteiger partial charge < -0.3 is 11.5 Å². The Morgan fingerprint density at radius 1 is 0.750 bits per heavy atom. The number of hydrogen-bond acceptors (Lipinski definition) is 4. The van der Waals surface area contributed by atoms with Crippen molar-refractivity contribution in [2.24, 2.45) is 21.7 Å². The molecule has 0 aliphatic rings. The molecule has 0 atom stereocenters. The number of nitrogens with two attached hydrogens (primary N) is 2. The Bertz CT molecular complexity index is 577. The number of aryl methyl sites for hydroxylation is 2. The van der Waals surface area contributed by atoms with Crippen molar-refractivity contribution < 1.29 is 0 Å². The zero-order chi connectivity index (χ0) is 14.5. The molecule has 0 radical (unpaired) electrons. The predicted octanol–water partition coefficient (Wildman–Crippen LogP) is 3.64. The van der Waals surface area contributed by atoms with E-state index < -0.39 is 0 Å². The van der Waals surface area contributed by atoms with Gasteiger partial charge in [-0.05, 0) is 48.2 Å². The standard InChI is InChI=1S/C16H20N4/c1-11-3-5-13(9-17)15(7-11)19-20-16-8-12(2)4-6-14(16)10-18/h3-8H,9-10,17-18H2,1-2H3/b20-19+. The minimum absolute atomic E-state index is 0.451. The van der Waals surface area contributed by atoms with Gasteiger partial charge >= 0.3 is 0 Å². The highest BCUT2D eigenvalue weighted by atomic mass is 15.1. The van der Waals surface area contributed by atoms with Gasteiger partial charge in [0.25, 0.3) is 0 Å². The van der Waals surface area contributed by atoms with Gasteiger partial charge in [-0.3, -0.25) is 0 Å². The van der Waals surface area contributed by atoms with Gasteiger partial charge in [0.1, 0.15) is 0 Å². The van der Waals surface area contributed by atoms with Crippen LogP contribution in [0.1, 0.15) is 22.3 Å². The van der Waals surface area contributed by atoms with Crippen molar-refractivity contribution in [3.8, 4) is 0 Å². The van der Waals surface area contributed by atoms with E-state index in [2.05, 4.69) is 10.2 Å².